The van der Waals surface area contributed by atoms with Gasteiger partial charge in [-0.25, -0.2) is 0 Å². The van der Waals surface area contributed by atoms with Crippen LogP contribution >= 0.6 is 11.8 Å². The van der Waals surface area contributed by atoms with Crippen molar-refractivity contribution >= 4 is 23.1 Å². The topological polar surface area (TPSA) is 78.4 Å². The summed E-state index contributed by atoms with van der Waals surface area (Å²) in [5, 5.41) is 8.51. The van der Waals surface area contributed by atoms with Crippen LogP contribution in [0.3, 0.4) is 0 Å². The second-order valence-corrected chi connectivity index (χ2v) is 6.56. The summed E-state index contributed by atoms with van der Waals surface area (Å²) in [6, 6.07) is 15.7. The molecule has 0 fully saturated rings. The average molecular weight is 388 g/mol. The zero-order chi connectivity index (χ0) is 19.3. The maximum atomic E-state index is 5.90. The standard InChI is InChI=1S/C20H25N3O3S/c1-24-11-6-12-26-19-13-17(9-10-18(19)25-2)14-22-23-20(21)27-15-16-7-4-3-5-8-16/h3-5,7-10,13-14H,6,11-12,15H2,1-2H3,(H2,21,23). The molecule has 0 atom stereocenters. The van der Waals surface area contributed by atoms with E-state index in [0.29, 0.717) is 29.9 Å². The van der Waals surface area contributed by atoms with E-state index in [2.05, 4.69) is 22.3 Å². The summed E-state index contributed by atoms with van der Waals surface area (Å²) < 4.78 is 16.1. The van der Waals surface area contributed by atoms with Crippen LogP contribution in [0.15, 0.2) is 58.7 Å². The highest BCUT2D eigenvalue weighted by atomic mass is 32.2. The van der Waals surface area contributed by atoms with Gasteiger partial charge in [-0.05, 0) is 29.3 Å². The normalized spacial score (nSPS) is 11.7. The first-order chi connectivity index (χ1) is 13.2. The Morgan fingerprint density at radius 3 is 2.63 bits per heavy atom. The minimum absolute atomic E-state index is 0.416. The third-order valence-corrected chi connectivity index (χ3v) is 4.39. The molecule has 2 aromatic rings. The second-order valence-electron chi connectivity index (χ2n) is 5.56. The van der Waals surface area contributed by atoms with Crippen molar-refractivity contribution in [3.63, 3.8) is 0 Å². The fourth-order valence-electron chi connectivity index (χ4n) is 2.18. The van der Waals surface area contributed by atoms with E-state index in [1.165, 1.54) is 17.3 Å². The Kier molecular flexibility index (Phi) is 9.23. The summed E-state index contributed by atoms with van der Waals surface area (Å²) in [7, 11) is 3.28. The molecule has 27 heavy (non-hydrogen) atoms. The van der Waals surface area contributed by atoms with E-state index < -0.39 is 0 Å². The lowest BCUT2D eigenvalue weighted by molar-refractivity contribution is 0.170. The van der Waals surface area contributed by atoms with Gasteiger partial charge in [0.25, 0.3) is 0 Å². The Hall–Kier alpha value is -2.51. The number of amidine groups is 1. The van der Waals surface area contributed by atoms with E-state index in [9.17, 15) is 0 Å². The number of rotatable bonds is 10. The van der Waals surface area contributed by atoms with Crippen LogP contribution in [0.1, 0.15) is 17.5 Å². The third-order valence-electron chi connectivity index (χ3n) is 3.53. The predicted octanol–water partition coefficient (Wildman–Crippen LogP) is 3.69. The first-order valence-corrected chi connectivity index (χ1v) is 9.54. The molecule has 0 saturated heterocycles. The average Bonchev–Trinajstić information content (AvgIpc) is 2.70. The van der Waals surface area contributed by atoms with E-state index >= 15 is 0 Å². The van der Waals surface area contributed by atoms with Crippen molar-refractivity contribution in [2.24, 2.45) is 15.9 Å². The zero-order valence-corrected chi connectivity index (χ0v) is 16.4. The van der Waals surface area contributed by atoms with E-state index in [0.717, 1.165) is 17.7 Å². The molecule has 2 N–H and O–H groups in total. The van der Waals surface area contributed by atoms with Gasteiger partial charge in [0, 0.05) is 25.9 Å². The molecule has 0 amide bonds. The van der Waals surface area contributed by atoms with Gasteiger partial charge in [-0.2, -0.15) is 5.10 Å². The molecule has 0 aromatic heterocycles. The van der Waals surface area contributed by atoms with Crippen molar-refractivity contribution < 1.29 is 14.2 Å². The highest BCUT2D eigenvalue weighted by molar-refractivity contribution is 8.13. The highest BCUT2D eigenvalue weighted by Crippen LogP contribution is 2.27. The molecule has 0 saturated carbocycles. The summed E-state index contributed by atoms with van der Waals surface area (Å²) >= 11 is 1.45. The molecule has 0 radical (unpaired) electrons. The van der Waals surface area contributed by atoms with Crippen molar-refractivity contribution in [3.8, 4) is 11.5 Å². The van der Waals surface area contributed by atoms with Gasteiger partial charge in [0.05, 0.1) is 19.9 Å². The van der Waals surface area contributed by atoms with Gasteiger partial charge < -0.3 is 19.9 Å². The van der Waals surface area contributed by atoms with Crippen LogP contribution in [-0.4, -0.2) is 38.8 Å². The van der Waals surface area contributed by atoms with Crippen LogP contribution in [0, 0.1) is 0 Å². The summed E-state index contributed by atoms with van der Waals surface area (Å²) in [6.45, 7) is 1.20. The Morgan fingerprint density at radius 2 is 1.89 bits per heavy atom. The molecule has 0 aliphatic heterocycles. The lowest BCUT2D eigenvalue weighted by Crippen LogP contribution is -2.06. The maximum Gasteiger partial charge on any atom is 0.180 e. The van der Waals surface area contributed by atoms with Crippen LogP contribution in [0.5, 0.6) is 11.5 Å². The van der Waals surface area contributed by atoms with Crippen molar-refractivity contribution in [3.05, 3.63) is 59.7 Å². The van der Waals surface area contributed by atoms with Gasteiger partial charge in [-0.3, -0.25) is 0 Å². The maximum absolute atomic E-state index is 5.90. The van der Waals surface area contributed by atoms with Gasteiger partial charge in [-0.1, -0.05) is 42.1 Å². The minimum Gasteiger partial charge on any atom is -0.493 e. The molecule has 0 spiro atoms. The first-order valence-electron chi connectivity index (χ1n) is 8.56. The number of nitrogens with zero attached hydrogens (tertiary/aromatic N) is 2. The number of benzene rings is 2. The van der Waals surface area contributed by atoms with Crippen LogP contribution in [0.25, 0.3) is 0 Å². The highest BCUT2D eigenvalue weighted by Gasteiger charge is 2.05. The quantitative estimate of drug-likeness (QED) is 0.291. The molecule has 2 aromatic carbocycles. The van der Waals surface area contributed by atoms with E-state index in [1.54, 1.807) is 20.4 Å². The molecule has 2 rings (SSSR count). The molecule has 0 unspecified atom stereocenters. The second kappa shape index (κ2) is 12.0. The van der Waals surface area contributed by atoms with Crippen molar-refractivity contribution in [1.29, 1.82) is 0 Å². The lowest BCUT2D eigenvalue weighted by atomic mass is 10.2. The van der Waals surface area contributed by atoms with Gasteiger partial charge in [0.1, 0.15) is 0 Å². The molecule has 0 heterocycles. The molecule has 7 heteroatoms. The molecule has 6 nitrogen and oxygen atoms in total. The van der Waals surface area contributed by atoms with Crippen LogP contribution < -0.4 is 15.2 Å². The largest absolute Gasteiger partial charge is 0.493 e. The number of ether oxygens (including phenoxy) is 3. The zero-order valence-electron chi connectivity index (χ0n) is 15.6. The molecule has 0 bridgehead atoms. The van der Waals surface area contributed by atoms with Gasteiger partial charge in [-0.15, -0.1) is 5.10 Å². The number of thioether (sulfide) groups is 1. The first kappa shape index (κ1) is 20.8. The third kappa shape index (κ3) is 7.72. The fourth-order valence-corrected chi connectivity index (χ4v) is 2.80. The lowest BCUT2D eigenvalue weighted by Gasteiger charge is -2.11. The van der Waals surface area contributed by atoms with Crippen LogP contribution in [0.4, 0.5) is 0 Å². The Bertz CT molecular complexity index is 751. The summed E-state index contributed by atoms with van der Waals surface area (Å²) in [5.41, 5.74) is 7.94. The smallest absolute Gasteiger partial charge is 0.180 e. The molecule has 0 aliphatic rings. The number of nitrogens with two attached hydrogens (primary N) is 1. The van der Waals surface area contributed by atoms with Gasteiger partial charge >= 0.3 is 0 Å². The molecular formula is C20H25N3O3S. The summed E-state index contributed by atoms with van der Waals surface area (Å²) in [6.07, 6.45) is 2.44. The van der Waals surface area contributed by atoms with Gasteiger partial charge in [0.2, 0.25) is 0 Å². The molecule has 144 valence electrons. The summed E-state index contributed by atoms with van der Waals surface area (Å²) in [5.74, 6) is 2.09. The van der Waals surface area contributed by atoms with Crippen molar-refractivity contribution in [2.45, 2.75) is 12.2 Å². The molecule has 0 aliphatic carbocycles. The molecular weight excluding hydrogens is 362 g/mol. The summed E-state index contributed by atoms with van der Waals surface area (Å²) in [4.78, 5) is 0. The SMILES string of the molecule is COCCCOc1cc(C=NN=C(N)SCc2ccccc2)ccc1OC. The Labute approximate surface area is 164 Å². The van der Waals surface area contributed by atoms with E-state index in [1.807, 2.05) is 36.4 Å². The Morgan fingerprint density at radius 1 is 1.07 bits per heavy atom. The van der Waals surface area contributed by atoms with Gasteiger partial charge in [0.15, 0.2) is 16.7 Å². The van der Waals surface area contributed by atoms with Crippen LogP contribution in [-0.2, 0) is 10.5 Å². The van der Waals surface area contributed by atoms with Crippen molar-refractivity contribution in [1.82, 2.24) is 0 Å². The van der Waals surface area contributed by atoms with E-state index in [4.69, 9.17) is 19.9 Å². The predicted molar refractivity (Wildman–Crippen MR) is 112 cm³/mol. The van der Waals surface area contributed by atoms with Crippen molar-refractivity contribution in [2.75, 3.05) is 27.4 Å². The minimum atomic E-state index is 0.416. The monoisotopic (exact) mass is 387 g/mol. The number of hydrogen-bond donors (Lipinski definition) is 1. The Balaban J connectivity index is 1.92. The number of hydrogen-bond acceptors (Lipinski definition) is 6. The van der Waals surface area contributed by atoms with E-state index in [-0.39, 0.29) is 0 Å². The number of methoxy groups -OCH3 is 2. The van der Waals surface area contributed by atoms with Crippen LogP contribution in [0.2, 0.25) is 0 Å². The fraction of sp³-hybridized carbons (Fsp3) is 0.300.